The first-order valence-corrected chi connectivity index (χ1v) is 5.89. The lowest BCUT2D eigenvalue weighted by Gasteiger charge is -2.37. The molecule has 0 saturated carbocycles. The number of hydrogen-bond donors (Lipinski definition) is 0. The minimum atomic E-state index is 0.176. The number of rotatable bonds is 4. The van der Waals surface area contributed by atoms with Crippen molar-refractivity contribution in [3.8, 4) is 0 Å². The Balaban J connectivity index is 2.34. The first-order chi connectivity index (χ1) is 6.53. The van der Waals surface area contributed by atoms with Crippen molar-refractivity contribution in [3.63, 3.8) is 0 Å². The van der Waals surface area contributed by atoms with Gasteiger partial charge in [0.15, 0.2) is 5.78 Å². The molecule has 0 aromatic heterocycles. The first-order valence-electron chi connectivity index (χ1n) is 4.90. The lowest BCUT2D eigenvalue weighted by molar-refractivity contribution is -0.123. The average Bonchev–Trinajstić information content (AvgIpc) is 2.02. The Morgan fingerprint density at radius 1 is 1.57 bits per heavy atom. The van der Waals surface area contributed by atoms with E-state index in [0.29, 0.717) is 6.54 Å². The number of ketones is 1. The van der Waals surface area contributed by atoms with Crippen molar-refractivity contribution < 1.29 is 9.53 Å². The number of hydrogen-bond acceptors (Lipinski definition) is 4. The zero-order valence-corrected chi connectivity index (χ0v) is 10.0. The Morgan fingerprint density at radius 3 is 2.86 bits per heavy atom. The van der Waals surface area contributed by atoms with Gasteiger partial charge in [-0.05, 0) is 13.8 Å². The van der Waals surface area contributed by atoms with Crippen LogP contribution in [0.1, 0.15) is 13.8 Å². The van der Waals surface area contributed by atoms with Crippen LogP contribution in [0.15, 0.2) is 0 Å². The van der Waals surface area contributed by atoms with Crippen LogP contribution >= 0.6 is 11.8 Å². The highest BCUT2D eigenvalue weighted by Gasteiger charge is 2.27. The number of ether oxygens (including phenoxy) is 1. The topological polar surface area (TPSA) is 29.5 Å². The van der Waals surface area contributed by atoms with E-state index in [9.17, 15) is 4.79 Å². The second-order valence-electron chi connectivity index (χ2n) is 4.29. The smallest absolute Gasteiger partial charge is 0.172 e. The monoisotopic (exact) mass is 217 g/mol. The van der Waals surface area contributed by atoms with Crippen LogP contribution < -0.4 is 0 Å². The Bertz CT molecular complexity index is 206. The number of carbonyl (C=O) groups is 1. The van der Waals surface area contributed by atoms with E-state index >= 15 is 0 Å². The van der Waals surface area contributed by atoms with Crippen LogP contribution in [0.2, 0.25) is 0 Å². The number of carbonyl (C=O) groups excluding carboxylic acids is 1. The van der Waals surface area contributed by atoms with Crippen molar-refractivity contribution in [2.24, 2.45) is 0 Å². The van der Waals surface area contributed by atoms with Gasteiger partial charge in [0.2, 0.25) is 0 Å². The zero-order chi connectivity index (χ0) is 10.6. The summed E-state index contributed by atoms with van der Waals surface area (Å²) in [5, 5.41) is 0. The van der Waals surface area contributed by atoms with Crippen LogP contribution in [0.4, 0.5) is 0 Å². The lowest BCUT2D eigenvalue weighted by atomic mass is 10.2. The van der Waals surface area contributed by atoms with Crippen molar-refractivity contribution in [1.29, 1.82) is 0 Å². The second kappa shape index (κ2) is 5.14. The summed E-state index contributed by atoms with van der Waals surface area (Å²) in [5.74, 6) is 1.29. The molecule has 0 bridgehead atoms. The fourth-order valence-electron chi connectivity index (χ4n) is 1.71. The number of Topliss-reactive ketones (excluding diaryl/α,β-unsaturated/α-hetero) is 1. The van der Waals surface area contributed by atoms with E-state index in [1.807, 2.05) is 11.8 Å². The maximum atomic E-state index is 11.3. The Hall–Kier alpha value is -0.0600. The van der Waals surface area contributed by atoms with Gasteiger partial charge in [-0.1, -0.05) is 0 Å². The molecule has 0 atom stereocenters. The highest BCUT2D eigenvalue weighted by Crippen LogP contribution is 2.29. The minimum absolute atomic E-state index is 0.176. The van der Waals surface area contributed by atoms with Crippen LogP contribution in [0, 0.1) is 0 Å². The SMILES string of the molecule is COCC(=O)CN1CCSC(C)(C)C1. The van der Waals surface area contributed by atoms with E-state index in [1.165, 1.54) is 0 Å². The second-order valence-corrected chi connectivity index (χ2v) is 6.09. The maximum absolute atomic E-state index is 11.3. The van der Waals surface area contributed by atoms with E-state index < -0.39 is 0 Å². The van der Waals surface area contributed by atoms with Gasteiger partial charge in [0.1, 0.15) is 6.61 Å². The Labute approximate surface area is 90.2 Å². The first kappa shape index (κ1) is 12.0. The van der Waals surface area contributed by atoms with Crippen molar-refractivity contribution in [2.45, 2.75) is 18.6 Å². The molecule has 3 nitrogen and oxygen atoms in total. The maximum Gasteiger partial charge on any atom is 0.172 e. The standard InChI is InChI=1S/C10H19NO2S/c1-10(2)8-11(4-5-14-10)6-9(12)7-13-3/h4-8H2,1-3H3. The fourth-order valence-corrected chi connectivity index (χ4v) is 2.88. The molecule has 82 valence electrons. The number of thioether (sulfide) groups is 1. The molecule has 1 heterocycles. The van der Waals surface area contributed by atoms with E-state index in [1.54, 1.807) is 7.11 Å². The van der Waals surface area contributed by atoms with Crippen LogP contribution in [0.5, 0.6) is 0 Å². The molecule has 0 radical (unpaired) electrons. The summed E-state index contributed by atoms with van der Waals surface area (Å²) in [6.07, 6.45) is 0. The summed E-state index contributed by atoms with van der Waals surface area (Å²) < 4.78 is 5.10. The normalized spacial score (nSPS) is 22.2. The quantitative estimate of drug-likeness (QED) is 0.703. The Morgan fingerprint density at radius 2 is 2.29 bits per heavy atom. The van der Waals surface area contributed by atoms with Crippen LogP contribution in [-0.2, 0) is 9.53 Å². The molecule has 0 unspecified atom stereocenters. The molecule has 0 amide bonds. The zero-order valence-electron chi connectivity index (χ0n) is 9.21. The summed E-state index contributed by atoms with van der Waals surface area (Å²) >= 11 is 1.98. The van der Waals surface area contributed by atoms with E-state index in [4.69, 9.17) is 4.74 Å². The largest absolute Gasteiger partial charge is 0.377 e. The van der Waals surface area contributed by atoms with Gasteiger partial charge < -0.3 is 4.74 Å². The van der Waals surface area contributed by atoms with Crippen molar-refractivity contribution in [2.75, 3.05) is 39.1 Å². The van der Waals surface area contributed by atoms with Crippen molar-refractivity contribution >= 4 is 17.5 Å². The van der Waals surface area contributed by atoms with Gasteiger partial charge in [-0.15, -0.1) is 0 Å². The van der Waals surface area contributed by atoms with Gasteiger partial charge in [0.25, 0.3) is 0 Å². The fraction of sp³-hybridized carbons (Fsp3) is 0.900. The number of methoxy groups -OCH3 is 1. The molecule has 1 saturated heterocycles. The summed E-state index contributed by atoms with van der Waals surface area (Å²) in [6.45, 7) is 7.24. The summed E-state index contributed by atoms with van der Waals surface area (Å²) in [4.78, 5) is 13.6. The summed E-state index contributed by atoms with van der Waals surface area (Å²) in [7, 11) is 1.56. The molecular formula is C10H19NO2S. The molecule has 14 heavy (non-hydrogen) atoms. The lowest BCUT2D eigenvalue weighted by Crippen LogP contribution is -2.45. The summed E-state index contributed by atoms with van der Waals surface area (Å²) in [6, 6.07) is 0. The van der Waals surface area contributed by atoms with Crippen molar-refractivity contribution in [3.05, 3.63) is 0 Å². The molecule has 0 spiro atoms. The third kappa shape index (κ3) is 3.98. The molecule has 0 N–H and O–H groups in total. The van der Waals surface area contributed by atoms with Crippen LogP contribution in [-0.4, -0.2) is 54.5 Å². The molecule has 0 aromatic carbocycles. The molecular weight excluding hydrogens is 198 g/mol. The van der Waals surface area contributed by atoms with E-state index in [2.05, 4.69) is 18.7 Å². The van der Waals surface area contributed by atoms with Gasteiger partial charge in [0.05, 0.1) is 6.54 Å². The molecule has 4 heteroatoms. The molecule has 1 aliphatic heterocycles. The van der Waals surface area contributed by atoms with E-state index in [-0.39, 0.29) is 17.1 Å². The van der Waals surface area contributed by atoms with Gasteiger partial charge in [-0.25, -0.2) is 0 Å². The molecule has 1 aliphatic rings. The van der Waals surface area contributed by atoms with Crippen molar-refractivity contribution in [1.82, 2.24) is 4.90 Å². The number of nitrogens with zero attached hydrogens (tertiary/aromatic N) is 1. The molecule has 1 fully saturated rings. The van der Waals surface area contributed by atoms with E-state index in [0.717, 1.165) is 18.8 Å². The molecule has 1 rings (SSSR count). The average molecular weight is 217 g/mol. The van der Waals surface area contributed by atoms with Gasteiger partial charge >= 0.3 is 0 Å². The third-order valence-corrected chi connectivity index (χ3v) is 3.51. The molecule has 0 aromatic rings. The van der Waals surface area contributed by atoms with Gasteiger partial charge in [0, 0.05) is 30.7 Å². The predicted octanol–water partition coefficient (Wildman–Crippen LogP) is 1.03. The van der Waals surface area contributed by atoms with Gasteiger partial charge in [-0.2, -0.15) is 11.8 Å². The van der Waals surface area contributed by atoms with Gasteiger partial charge in [-0.3, -0.25) is 9.69 Å². The highest BCUT2D eigenvalue weighted by atomic mass is 32.2. The molecule has 0 aliphatic carbocycles. The Kier molecular flexibility index (Phi) is 4.41. The van der Waals surface area contributed by atoms with Crippen LogP contribution in [0.25, 0.3) is 0 Å². The minimum Gasteiger partial charge on any atom is -0.377 e. The predicted molar refractivity (Wildman–Crippen MR) is 59.9 cm³/mol. The van der Waals surface area contributed by atoms with Crippen LogP contribution in [0.3, 0.4) is 0 Å². The summed E-state index contributed by atoms with van der Waals surface area (Å²) in [5.41, 5.74) is 0. The highest BCUT2D eigenvalue weighted by molar-refractivity contribution is 8.00. The third-order valence-electron chi connectivity index (χ3n) is 2.21.